The molecule has 0 aliphatic heterocycles. The van der Waals surface area contributed by atoms with E-state index in [0.29, 0.717) is 23.9 Å². The molecule has 1 N–H and O–H groups in total. The minimum Gasteiger partial charge on any atom is -0.756 e. The van der Waals surface area contributed by atoms with Crippen LogP contribution in [0, 0.1) is 0 Å². The number of hydrogen-bond acceptors (Lipinski definition) is 7. The number of likely N-dealkylation sites (N-methyl/N-ethyl adjacent to an activating group) is 1. The average Bonchev–Trinajstić information content (AvgIpc) is 3.34. The predicted molar refractivity (Wildman–Crippen MR) is 307 cm³/mol. The maximum Gasteiger partial charge on any atom is 0.306 e. The van der Waals surface area contributed by atoms with E-state index in [4.69, 9.17) is 13.8 Å². The van der Waals surface area contributed by atoms with Crippen LogP contribution in [0.25, 0.3) is 0 Å². The van der Waals surface area contributed by atoms with E-state index in [1.165, 1.54) is 51.4 Å². The number of carbonyl (C=O) groups excluding carboxylic acids is 2. The van der Waals surface area contributed by atoms with Crippen LogP contribution in [0.5, 0.6) is 0 Å². The summed E-state index contributed by atoms with van der Waals surface area (Å²) in [5, 5.41) is 2.98. The predicted octanol–water partition coefficient (Wildman–Crippen LogP) is 16.5. The van der Waals surface area contributed by atoms with Crippen LogP contribution in [0.15, 0.2) is 122 Å². The molecule has 0 rings (SSSR count). The fraction of sp³-hybridized carbons (Fsp3) is 0.645. The molecule has 3 atom stereocenters. The minimum atomic E-state index is -4.72. The van der Waals surface area contributed by atoms with Crippen molar-refractivity contribution in [1.29, 1.82) is 0 Å². The van der Waals surface area contributed by atoms with Gasteiger partial charge in [0.15, 0.2) is 0 Å². The number of esters is 1. The highest BCUT2D eigenvalue weighted by molar-refractivity contribution is 7.45. The zero-order valence-corrected chi connectivity index (χ0v) is 47.5. The highest BCUT2D eigenvalue weighted by Gasteiger charge is 2.27. The van der Waals surface area contributed by atoms with Gasteiger partial charge in [-0.3, -0.25) is 14.2 Å². The van der Waals surface area contributed by atoms with Crippen LogP contribution in [0.3, 0.4) is 0 Å². The van der Waals surface area contributed by atoms with E-state index < -0.39 is 26.6 Å². The summed E-state index contributed by atoms with van der Waals surface area (Å²) in [6.45, 7) is 6.51. The second-order valence-corrected chi connectivity index (χ2v) is 21.1. The van der Waals surface area contributed by atoms with Gasteiger partial charge in [-0.2, -0.15) is 0 Å². The van der Waals surface area contributed by atoms with Gasteiger partial charge in [0, 0.05) is 12.8 Å². The van der Waals surface area contributed by atoms with Crippen LogP contribution < -0.4 is 10.2 Å². The molecule has 0 saturated heterocycles. The first kappa shape index (κ1) is 68.4. The molecule has 0 aliphatic carbocycles. The molecule has 9 nitrogen and oxygen atoms in total. The highest BCUT2D eigenvalue weighted by Crippen LogP contribution is 2.38. The Morgan fingerprint density at radius 2 is 0.958 bits per heavy atom. The molecule has 0 saturated carbocycles. The van der Waals surface area contributed by atoms with Crippen molar-refractivity contribution in [2.24, 2.45) is 0 Å². The average molecular weight is 1020 g/mol. The Morgan fingerprint density at radius 3 is 1.50 bits per heavy atom. The number of phosphoric acid groups is 1. The zero-order valence-electron chi connectivity index (χ0n) is 46.6. The van der Waals surface area contributed by atoms with Gasteiger partial charge in [-0.05, 0) is 102 Å². The van der Waals surface area contributed by atoms with Crippen LogP contribution in [-0.4, -0.2) is 69.4 Å². The number of hydrogen-bond donors (Lipinski definition) is 1. The number of nitrogens with one attached hydrogen (secondary N) is 1. The third-order valence-corrected chi connectivity index (χ3v) is 12.7. The molecule has 410 valence electrons. The van der Waals surface area contributed by atoms with Crippen molar-refractivity contribution in [1.82, 2.24) is 5.32 Å². The molecule has 0 spiro atoms. The topological polar surface area (TPSA) is 114 Å². The molecule has 0 fully saturated rings. The Bertz CT molecular complexity index is 1650. The lowest BCUT2D eigenvalue weighted by atomic mass is 10.1. The van der Waals surface area contributed by atoms with Crippen molar-refractivity contribution >= 4 is 19.7 Å². The summed E-state index contributed by atoms with van der Waals surface area (Å²) in [6.07, 6.45) is 70.3. The van der Waals surface area contributed by atoms with Crippen molar-refractivity contribution < 1.29 is 37.3 Å². The maximum absolute atomic E-state index is 13.5. The molecule has 0 aromatic heterocycles. The first-order chi connectivity index (χ1) is 34.9. The van der Waals surface area contributed by atoms with Crippen molar-refractivity contribution in [3.63, 3.8) is 0 Å². The van der Waals surface area contributed by atoms with E-state index >= 15 is 0 Å². The quantitative estimate of drug-likeness (QED) is 0.0161. The lowest BCUT2D eigenvalue weighted by Crippen LogP contribution is -2.47. The Kier molecular flexibility index (Phi) is 48.4. The molecule has 1 amide bonds. The Labute approximate surface area is 442 Å². The van der Waals surface area contributed by atoms with Gasteiger partial charge in [-0.1, -0.05) is 213 Å². The summed E-state index contributed by atoms with van der Waals surface area (Å²) in [5.41, 5.74) is 0. The Morgan fingerprint density at radius 1 is 0.514 bits per heavy atom. The molecule has 3 unspecified atom stereocenters. The van der Waals surface area contributed by atoms with E-state index in [0.717, 1.165) is 109 Å². The standard InChI is InChI=1S/C62H105N2O7P/c1-7-10-13-16-19-22-25-28-29-30-31-32-33-34-35-37-39-42-45-48-51-54-61(65)63-59(58-70-72(67,68)69-57-56-64(4,5)6)60(53-50-47-44-41-38-27-24-21-18-15-12-9-3)71-62(66)55-52-49-46-43-40-36-26-23-20-17-14-11-8-2/h10-11,13-14,17,19-20,22-23,26,28-29,31-32,34-35,39,42,50,53,59-60H,7-9,12,15-16,18,21,24-25,27,30,33,36-38,40-41,43-49,51-52,54-58H2,1-6H3,(H-,63,65,67,68)/b13-10-,14-11+,20-17+,22-19-,26-23-,29-28-,32-31-,35-34-,42-39-,53-50-. The van der Waals surface area contributed by atoms with Gasteiger partial charge in [0.1, 0.15) is 19.3 Å². The summed E-state index contributed by atoms with van der Waals surface area (Å²) in [5.74, 6) is -0.628. The number of carbonyl (C=O) groups is 2. The summed E-state index contributed by atoms with van der Waals surface area (Å²) < 4.78 is 30.2. The van der Waals surface area contributed by atoms with Gasteiger partial charge in [0.05, 0.1) is 33.8 Å². The second kappa shape index (κ2) is 50.9. The maximum atomic E-state index is 13.5. The first-order valence-electron chi connectivity index (χ1n) is 28.4. The summed E-state index contributed by atoms with van der Waals surface area (Å²) >= 11 is 0. The number of quaternary nitrogens is 1. The fourth-order valence-electron chi connectivity index (χ4n) is 7.35. The molecule has 0 aromatic carbocycles. The summed E-state index contributed by atoms with van der Waals surface area (Å²) in [4.78, 5) is 39.8. The van der Waals surface area contributed by atoms with Gasteiger partial charge in [-0.15, -0.1) is 0 Å². The molecular formula is C62H105N2O7P. The number of phosphoric ester groups is 1. The molecule has 0 aromatic rings. The normalized spacial score (nSPS) is 14.7. The molecule has 72 heavy (non-hydrogen) atoms. The minimum absolute atomic E-state index is 0.0414. The Balaban J connectivity index is 5.44. The van der Waals surface area contributed by atoms with E-state index in [-0.39, 0.29) is 31.3 Å². The van der Waals surface area contributed by atoms with Crippen LogP contribution in [0.2, 0.25) is 0 Å². The SMILES string of the molecule is CC/C=C\C/C=C\C/C=C\C/C=C\C/C=C\C/C=C\CCCCC(=O)NC(COP(=O)([O-])OCC[N+](C)(C)C)C(/C=C\CCCCCCCCCCCC)OC(=O)CCCCCCC\C=C/C=C/C=C/CC. The van der Waals surface area contributed by atoms with Crippen LogP contribution in [0.4, 0.5) is 0 Å². The number of unbranched alkanes of at least 4 members (excludes halogenated alkanes) is 17. The van der Waals surface area contributed by atoms with Crippen LogP contribution in [0.1, 0.15) is 207 Å². The van der Waals surface area contributed by atoms with Crippen molar-refractivity contribution in [3.05, 3.63) is 122 Å². The zero-order chi connectivity index (χ0) is 52.9. The third kappa shape index (κ3) is 51.3. The van der Waals surface area contributed by atoms with Crippen molar-refractivity contribution in [2.45, 2.75) is 219 Å². The van der Waals surface area contributed by atoms with Gasteiger partial charge >= 0.3 is 5.97 Å². The van der Waals surface area contributed by atoms with E-state index in [2.05, 4.69) is 129 Å². The number of ether oxygens (including phenoxy) is 1. The van der Waals surface area contributed by atoms with Gasteiger partial charge in [0.25, 0.3) is 7.82 Å². The first-order valence-corrected chi connectivity index (χ1v) is 29.8. The number of amides is 1. The summed E-state index contributed by atoms with van der Waals surface area (Å²) in [6, 6.07) is -0.927. The largest absolute Gasteiger partial charge is 0.756 e. The summed E-state index contributed by atoms with van der Waals surface area (Å²) in [7, 11) is 1.12. The van der Waals surface area contributed by atoms with E-state index in [1.54, 1.807) is 6.08 Å². The van der Waals surface area contributed by atoms with E-state index in [1.807, 2.05) is 33.3 Å². The third-order valence-electron chi connectivity index (χ3n) is 11.7. The lowest BCUT2D eigenvalue weighted by Gasteiger charge is -2.30. The molecule has 10 heteroatoms. The molecule has 0 bridgehead atoms. The van der Waals surface area contributed by atoms with Crippen molar-refractivity contribution in [2.75, 3.05) is 40.9 Å². The fourth-order valence-corrected chi connectivity index (χ4v) is 8.07. The smallest absolute Gasteiger partial charge is 0.306 e. The highest BCUT2D eigenvalue weighted by atomic mass is 31.2. The molecular weight excluding hydrogens is 916 g/mol. The monoisotopic (exact) mass is 1020 g/mol. The second-order valence-electron chi connectivity index (χ2n) is 19.7. The van der Waals surface area contributed by atoms with Crippen LogP contribution >= 0.6 is 7.82 Å². The molecule has 0 aliphatic rings. The van der Waals surface area contributed by atoms with Gasteiger partial charge < -0.3 is 28.5 Å². The molecule has 0 heterocycles. The van der Waals surface area contributed by atoms with Crippen LogP contribution in [-0.2, 0) is 27.9 Å². The number of allylic oxidation sites excluding steroid dienone is 19. The van der Waals surface area contributed by atoms with Crippen molar-refractivity contribution in [3.8, 4) is 0 Å². The number of rotatable bonds is 49. The Hall–Kier alpha value is -3.59. The number of nitrogens with zero attached hydrogens (tertiary/aromatic N) is 1. The van der Waals surface area contributed by atoms with Gasteiger partial charge in [-0.25, -0.2) is 0 Å². The lowest BCUT2D eigenvalue weighted by molar-refractivity contribution is -0.870. The van der Waals surface area contributed by atoms with Gasteiger partial charge in [0.2, 0.25) is 5.91 Å². The van der Waals surface area contributed by atoms with E-state index in [9.17, 15) is 19.0 Å². The molecule has 0 radical (unpaired) electrons.